The molecule has 0 saturated carbocycles. The van der Waals surface area contributed by atoms with Crippen molar-refractivity contribution < 1.29 is 9.84 Å². The van der Waals surface area contributed by atoms with E-state index in [-0.39, 0.29) is 24.2 Å². The smallest absolute Gasteiger partial charge is 0.162 e. The standard InChI is InChI=1S/C11H18N2O2.ClH/c1-2-15-10-5-3-4-8(11(10)14)9(13)6-7-12;/h3-5,9,14H,2,6-7,12-13H2,1H3;1H/t9-;/m1./s1. The first-order valence-electron chi connectivity index (χ1n) is 5.11. The predicted molar refractivity (Wildman–Crippen MR) is 67.1 cm³/mol. The Hall–Kier alpha value is -0.970. The average molecular weight is 247 g/mol. The molecule has 0 spiro atoms. The average Bonchev–Trinajstić information content (AvgIpc) is 2.22. The molecule has 92 valence electrons. The van der Waals surface area contributed by atoms with E-state index >= 15 is 0 Å². The maximum atomic E-state index is 9.87. The van der Waals surface area contributed by atoms with Gasteiger partial charge in [0.25, 0.3) is 0 Å². The van der Waals surface area contributed by atoms with Gasteiger partial charge in [0, 0.05) is 11.6 Å². The van der Waals surface area contributed by atoms with Crippen molar-refractivity contribution in [2.75, 3.05) is 13.2 Å². The lowest BCUT2D eigenvalue weighted by Gasteiger charge is -2.15. The zero-order chi connectivity index (χ0) is 11.3. The van der Waals surface area contributed by atoms with Crippen molar-refractivity contribution in [3.8, 4) is 11.5 Å². The fraction of sp³-hybridized carbons (Fsp3) is 0.455. The van der Waals surface area contributed by atoms with Crippen molar-refractivity contribution in [2.45, 2.75) is 19.4 Å². The maximum absolute atomic E-state index is 9.87. The normalized spacial score (nSPS) is 11.7. The van der Waals surface area contributed by atoms with Crippen LogP contribution in [0.15, 0.2) is 18.2 Å². The molecule has 0 aromatic heterocycles. The fourth-order valence-electron chi connectivity index (χ4n) is 1.45. The van der Waals surface area contributed by atoms with Crippen LogP contribution in [-0.2, 0) is 0 Å². The zero-order valence-corrected chi connectivity index (χ0v) is 10.2. The number of hydrogen-bond donors (Lipinski definition) is 3. The zero-order valence-electron chi connectivity index (χ0n) is 9.35. The van der Waals surface area contributed by atoms with Crippen molar-refractivity contribution >= 4 is 12.4 Å². The van der Waals surface area contributed by atoms with Gasteiger partial charge in [0.15, 0.2) is 11.5 Å². The van der Waals surface area contributed by atoms with E-state index in [2.05, 4.69) is 0 Å². The van der Waals surface area contributed by atoms with Gasteiger partial charge in [-0.2, -0.15) is 0 Å². The molecule has 0 aliphatic carbocycles. The highest BCUT2D eigenvalue weighted by molar-refractivity contribution is 5.85. The lowest BCUT2D eigenvalue weighted by atomic mass is 10.0. The summed E-state index contributed by atoms with van der Waals surface area (Å²) >= 11 is 0. The Labute approximate surface area is 102 Å². The number of hydrogen-bond acceptors (Lipinski definition) is 4. The van der Waals surface area contributed by atoms with Crippen LogP contribution in [0, 0.1) is 0 Å². The number of phenols is 1. The monoisotopic (exact) mass is 246 g/mol. The molecule has 0 aliphatic heterocycles. The number of rotatable bonds is 5. The third-order valence-corrected chi connectivity index (χ3v) is 2.21. The molecule has 0 aliphatic rings. The van der Waals surface area contributed by atoms with Crippen LogP contribution in [0.1, 0.15) is 24.9 Å². The van der Waals surface area contributed by atoms with Gasteiger partial charge in [-0.15, -0.1) is 12.4 Å². The number of ether oxygens (including phenoxy) is 1. The molecular weight excluding hydrogens is 228 g/mol. The summed E-state index contributed by atoms with van der Waals surface area (Å²) in [6.07, 6.45) is 0.642. The topological polar surface area (TPSA) is 81.5 Å². The lowest BCUT2D eigenvalue weighted by Crippen LogP contribution is -2.15. The van der Waals surface area contributed by atoms with Crippen LogP contribution >= 0.6 is 12.4 Å². The first-order chi connectivity index (χ1) is 7.20. The van der Waals surface area contributed by atoms with E-state index in [4.69, 9.17) is 16.2 Å². The van der Waals surface area contributed by atoms with Crippen molar-refractivity contribution in [2.24, 2.45) is 11.5 Å². The molecule has 5 heteroatoms. The lowest BCUT2D eigenvalue weighted by molar-refractivity contribution is 0.315. The van der Waals surface area contributed by atoms with Crippen molar-refractivity contribution in [3.05, 3.63) is 23.8 Å². The van der Waals surface area contributed by atoms with E-state index < -0.39 is 0 Å². The summed E-state index contributed by atoms with van der Waals surface area (Å²) in [6.45, 7) is 2.88. The van der Waals surface area contributed by atoms with Gasteiger partial charge in [-0.1, -0.05) is 12.1 Å². The number of halogens is 1. The van der Waals surface area contributed by atoms with Crippen LogP contribution in [0.3, 0.4) is 0 Å². The highest BCUT2D eigenvalue weighted by atomic mass is 35.5. The molecule has 1 atom stereocenters. The van der Waals surface area contributed by atoms with Gasteiger partial charge in [-0.25, -0.2) is 0 Å². The first kappa shape index (κ1) is 15.0. The van der Waals surface area contributed by atoms with Crippen molar-refractivity contribution in [1.82, 2.24) is 0 Å². The SMILES string of the molecule is CCOc1cccc([C@H](N)CCN)c1O.Cl. The highest BCUT2D eigenvalue weighted by Gasteiger charge is 2.13. The van der Waals surface area contributed by atoms with E-state index in [0.717, 1.165) is 0 Å². The van der Waals surface area contributed by atoms with E-state index in [1.807, 2.05) is 13.0 Å². The third-order valence-electron chi connectivity index (χ3n) is 2.21. The van der Waals surface area contributed by atoms with Gasteiger partial charge in [-0.3, -0.25) is 0 Å². The minimum atomic E-state index is -0.240. The van der Waals surface area contributed by atoms with Gasteiger partial charge < -0.3 is 21.3 Å². The molecule has 0 radical (unpaired) electrons. The molecule has 16 heavy (non-hydrogen) atoms. The molecule has 0 saturated heterocycles. The largest absolute Gasteiger partial charge is 0.504 e. The predicted octanol–water partition coefficient (Wildman–Crippen LogP) is 1.56. The Morgan fingerprint density at radius 2 is 2.12 bits per heavy atom. The second-order valence-electron chi connectivity index (χ2n) is 3.31. The van der Waals surface area contributed by atoms with Crippen LogP contribution in [-0.4, -0.2) is 18.3 Å². The minimum Gasteiger partial charge on any atom is -0.504 e. The molecule has 0 amide bonds. The maximum Gasteiger partial charge on any atom is 0.162 e. The quantitative estimate of drug-likeness (QED) is 0.737. The second-order valence-corrected chi connectivity index (χ2v) is 3.31. The number of benzene rings is 1. The Balaban J connectivity index is 0.00000225. The molecular formula is C11H19ClN2O2. The molecule has 1 rings (SSSR count). The Bertz CT molecular complexity index is 321. The van der Waals surface area contributed by atoms with E-state index in [0.29, 0.717) is 30.9 Å². The summed E-state index contributed by atoms with van der Waals surface area (Å²) in [5, 5.41) is 9.87. The Morgan fingerprint density at radius 3 is 2.69 bits per heavy atom. The molecule has 0 bridgehead atoms. The molecule has 1 aromatic rings. The van der Waals surface area contributed by atoms with Gasteiger partial charge in [0.2, 0.25) is 0 Å². The number of para-hydroxylation sites is 1. The molecule has 0 fully saturated rings. The number of nitrogens with two attached hydrogens (primary N) is 2. The van der Waals surface area contributed by atoms with Gasteiger partial charge in [0.05, 0.1) is 6.61 Å². The van der Waals surface area contributed by atoms with Gasteiger partial charge >= 0.3 is 0 Å². The Kier molecular flexibility index (Phi) is 6.88. The summed E-state index contributed by atoms with van der Waals surface area (Å²) in [7, 11) is 0. The summed E-state index contributed by atoms with van der Waals surface area (Å²) in [6, 6.07) is 5.09. The number of aromatic hydroxyl groups is 1. The van der Waals surface area contributed by atoms with Crippen LogP contribution in [0.4, 0.5) is 0 Å². The van der Waals surface area contributed by atoms with E-state index in [1.165, 1.54) is 0 Å². The van der Waals surface area contributed by atoms with Crippen molar-refractivity contribution in [3.63, 3.8) is 0 Å². The third kappa shape index (κ3) is 3.56. The van der Waals surface area contributed by atoms with Crippen LogP contribution in [0.2, 0.25) is 0 Å². The summed E-state index contributed by atoms with van der Waals surface area (Å²) < 4.78 is 5.27. The summed E-state index contributed by atoms with van der Waals surface area (Å²) in [5.41, 5.74) is 12.0. The van der Waals surface area contributed by atoms with Crippen LogP contribution in [0.5, 0.6) is 11.5 Å². The van der Waals surface area contributed by atoms with E-state index in [1.54, 1.807) is 12.1 Å². The second kappa shape index (κ2) is 7.33. The molecule has 5 N–H and O–H groups in total. The molecule has 0 heterocycles. The van der Waals surface area contributed by atoms with Gasteiger partial charge in [0.1, 0.15) is 0 Å². The first-order valence-corrected chi connectivity index (χ1v) is 5.11. The Morgan fingerprint density at radius 1 is 1.44 bits per heavy atom. The minimum absolute atomic E-state index is 0. The summed E-state index contributed by atoms with van der Waals surface area (Å²) in [5.74, 6) is 0.600. The summed E-state index contributed by atoms with van der Waals surface area (Å²) in [4.78, 5) is 0. The number of phenolic OH excluding ortho intramolecular Hbond substituents is 1. The molecule has 0 unspecified atom stereocenters. The van der Waals surface area contributed by atoms with Crippen LogP contribution in [0.25, 0.3) is 0 Å². The molecule has 4 nitrogen and oxygen atoms in total. The molecule has 1 aromatic carbocycles. The van der Waals surface area contributed by atoms with Crippen molar-refractivity contribution in [1.29, 1.82) is 0 Å². The fourth-order valence-corrected chi connectivity index (χ4v) is 1.45. The van der Waals surface area contributed by atoms with Gasteiger partial charge in [-0.05, 0) is 26.0 Å². The van der Waals surface area contributed by atoms with E-state index in [9.17, 15) is 5.11 Å². The highest BCUT2D eigenvalue weighted by Crippen LogP contribution is 2.33. The van der Waals surface area contributed by atoms with Crippen LogP contribution < -0.4 is 16.2 Å².